The summed E-state index contributed by atoms with van der Waals surface area (Å²) in [5.41, 5.74) is 2.92. The first-order valence-electron chi connectivity index (χ1n) is 7.19. The standard InChI is InChI=1S/C17H27NO/c1-11(2)15(12(3)4)10-18-17(19)16-13(5)8-7-9-14(16)6/h7-9,11-12,15H,10H2,1-6H3,(H,18,19). The van der Waals surface area contributed by atoms with Crippen molar-refractivity contribution >= 4 is 5.91 Å². The van der Waals surface area contributed by atoms with Crippen LogP contribution in [-0.2, 0) is 0 Å². The van der Waals surface area contributed by atoms with E-state index in [-0.39, 0.29) is 5.91 Å². The van der Waals surface area contributed by atoms with Gasteiger partial charge in [-0.2, -0.15) is 0 Å². The first-order chi connectivity index (χ1) is 8.84. The number of benzene rings is 1. The van der Waals surface area contributed by atoms with Crippen molar-refractivity contribution in [3.63, 3.8) is 0 Å². The van der Waals surface area contributed by atoms with Crippen molar-refractivity contribution in [3.05, 3.63) is 34.9 Å². The highest BCUT2D eigenvalue weighted by Crippen LogP contribution is 2.20. The van der Waals surface area contributed by atoms with Crippen molar-refractivity contribution in [1.29, 1.82) is 0 Å². The van der Waals surface area contributed by atoms with Crippen molar-refractivity contribution in [2.45, 2.75) is 41.5 Å². The molecule has 0 atom stereocenters. The summed E-state index contributed by atoms with van der Waals surface area (Å²) < 4.78 is 0. The van der Waals surface area contributed by atoms with Crippen molar-refractivity contribution in [2.24, 2.45) is 17.8 Å². The molecule has 106 valence electrons. The highest BCUT2D eigenvalue weighted by atomic mass is 16.1. The van der Waals surface area contributed by atoms with Gasteiger partial charge in [-0.05, 0) is 42.7 Å². The number of carbonyl (C=O) groups is 1. The second-order valence-electron chi connectivity index (χ2n) is 6.13. The molecule has 0 saturated heterocycles. The Morgan fingerprint density at radius 1 is 1.05 bits per heavy atom. The number of aryl methyl sites for hydroxylation is 2. The van der Waals surface area contributed by atoms with Crippen molar-refractivity contribution in [3.8, 4) is 0 Å². The average molecular weight is 261 g/mol. The summed E-state index contributed by atoms with van der Waals surface area (Å²) in [5, 5.41) is 3.10. The van der Waals surface area contributed by atoms with E-state index >= 15 is 0 Å². The van der Waals surface area contributed by atoms with Crippen LogP contribution in [0.25, 0.3) is 0 Å². The van der Waals surface area contributed by atoms with Gasteiger partial charge in [0.15, 0.2) is 0 Å². The van der Waals surface area contributed by atoms with E-state index < -0.39 is 0 Å². The molecule has 1 aromatic rings. The maximum atomic E-state index is 12.3. The first kappa shape index (κ1) is 15.7. The summed E-state index contributed by atoms with van der Waals surface area (Å²) in [4.78, 5) is 12.3. The molecule has 0 bridgehead atoms. The third-order valence-electron chi connectivity index (χ3n) is 3.92. The number of nitrogens with one attached hydrogen (secondary N) is 1. The lowest BCUT2D eigenvalue weighted by molar-refractivity contribution is 0.0936. The summed E-state index contributed by atoms with van der Waals surface area (Å²) >= 11 is 0. The molecule has 1 amide bonds. The van der Waals surface area contributed by atoms with Crippen LogP contribution < -0.4 is 5.32 Å². The lowest BCUT2D eigenvalue weighted by Gasteiger charge is -2.25. The largest absolute Gasteiger partial charge is 0.352 e. The molecule has 0 fully saturated rings. The van der Waals surface area contributed by atoms with Gasteiger partial charge in [0, 0.05) is 12.1 Å². The van der Waals surface area contributed by atoms with Crippen LogP contribution in [0.5, 0.6) is 0 Å². The molecular formula is C17H27NO. The lowest BCUT2D eigenvalue weighted by atomic mass is 9.85. The zero-order chi connectivity index (χ0) is 14.6. The second-order valence-corrected chi connectivity index (χ2v) is 6.13. The first-order valence-corrected chi connectivity index (χ1v) is 7.19. The molecule has 1 aromatic carbocycles. The van der Waals surface area contributed by atoms with Gasteiger partial charge in [0.25, 0.3) is 5.91 Å². The van der Waals surface area contributed by atoms with Crippen molar-refractivity contribution in [2.75, 3.05) is 6.54 Å². The van der Waals surface area contributed by atoms with Crippen LogP contribution in [0.3, 0.4) is 0 Å². The number of hydrogen-bond acceptors (Lipinski definition) is 1. The smallest absolute Gasteiger partial charge is 0.251 e. The lowest BCUT2D eigenvalue weighted by Crippen LogP contribution is -2.34. The fraction of sp³-hybridized carbons (Fsp3) is 0.588. The van der Waals surface area contributed by atoms with Crippen LogP contribution in [0.15, 0.2) is 18.2 Å². The van der Waals surface area contributed by atoms with E-state index in [2.05, 4.69) is 33.0 Å². The molecule has 0 spiro atoms. The summed E-state index contributed by atoms with van der Waals surface area (Å²) in [6, 6.07) is 5.97. The fourth-order valence-corrected chi connectivity index (χ4v) is 2.71. The fourth-order valence-electron chi connectivity index (χ4n) is 2.71. The Bertz CT molecular complexity index is 407. The molecule has 0 radical (unpaired) electrons. The Morgan fingerprint density at radius 3 is 1.95 bits per heavy atom. The zero-order valence-electron chi connectivity index (χ0n) is 13.1. The van der Waals surface area contributed by atoms with E-state index in [4.69, 9.17) is 0 Å². The predicted octanol–water partition coefficient (Wildman–Crippen LogP) is 3.96. The van der Waals surface area contributed by atoms with Gasteiger partial charge in [-0.25, -0.2) is 0 Å². The quantitative estimate of drug-likeness (QED) is 0.854. The zero-order valence-corrected chi connectivity index (χ0v) is 13.1. The normalized spacial score (nSPS) is 11.4. The van der Waals surface area contributed by atoms with Crippen LogP contribution in [0.2, 0.25) is 0 Å². The van der Waals surface area contributed by atoms with Gasteiger partial charge in [0.05, 0.1) is 0 Å². The van der Waals surface area contributed by atoms with Gasteiger partial charge >= 0.3 is 0 Å². The molecule has 0 saturated carbocycles. The van der Waals surface area contributed by atoms with Crippen LogP contribution in [0, 0.1) is 31.6 Å². The molecule has 1 N–H and O–H groups in total. The summed E-state index contributed by atoms with van der Waals surface area (Å²) in [6.45, 7) is 13.6. The van der Waals surface area contributed by atoms with E-state index in [1.165, 1.54) is 0 Å². The SMILES string of the molecule is Cc1cccc(C)c1C(=O)NCC(C(C)C)C(C)C. The number of carbonyl (C=O) groups excluding carboxylic acids is 1. The number of amides is 1. The van der Waals surface area contributed by atoms with E-state index in [0.29, 0.717) is 17.8 Å². The summed E-state index contributed by atoms with van der Waals surface area (Å²) in [6.07, 6.45) is 0. The van der Waals surface area contributed by atoms with Crippen LogP contribution >= 0.6 is 0 Å². The average Bonchev–Trinajstić information content (AvgIpc) is 2.27. The molecule has 0 aliphatic rings. The molecule has 0 aliphatic carbocycles. The van der Waals surface area contributed by atoms with Gasteiger partial charge in [0.1, 0.15) is 0 Å². The van der Waals surface area contributed by atoms with Gasteiger partial charge in [0.2, 0.25) is 0 Å². The van der Waals surface area contributed by atoms with Gasteiger partial charge in [-0.1, -0.05) is 45.9 Å². The third-order valence-corrected chi connectivity index (χ3v) is 3.92. The predicted molar refractivity (Wildman–Crippen MR) is 81.4 cm³/mol. The monoisotopic (exact) mass is 261 g/mol. The van der Waals surface area contributed by atoms with Gasteiger partial charge < -0.3 is 5.32 Å². The Labute approximate surface area is 117 Å². The molecule has 0 heterocycles. The molecule has 2 nitrogen and oxygen atoms in total. The highest BCUT2D eigenvalue weighted by Gasteiger charge is 2.19. The Balaban J connectivity index is 2.75. The van der Waals surface area contributed by atoms with E-state index in [0.717, 1.165) is 23.2 Å². The Morgan fingerprint density at radius 2 is 1.53 bits per heavy atom. The molecule has 0 unspecified atom stereocenters. The number of rotatable bonds is 5. The molecule has 19 heavy (non-hydrogen) atoms. The van der Waals surface area contributed by atoms with Crippen molar-refractivity contribution in [1.82, 2.24) is 5.32 Å². The molecule has 2 heteroatoms. The van der Waals surface area contributed by atoms with Crippen molar-refractivity contribution < 1.29 is 4.79 Å². The Hall–Kier alpha value is -1.31. The van der Waals surface area contributed by atoms with E-state index in [9.17, 15) is 4.79 Å². The highest BCUT2D eigenvalue weighted by molar-refractivity contribution is 5.97. The van der Waals surface area contributed by atoms with E-state index in [1.807, 2.05) is 32.0 Å². The summed E-state index contributed by atoms with van der Waals surface area (Å²) in [5.74, 6) is 1.74. The number of hydrogen-bond donors (Lipinski definition) is 1. The molecule has 1 rings (SSSR count). The maximum Gasteiger partial charge on any atom is 0.251 e. The van der Waals surface area contributed by atoms with Crippen LogP contribution in [0.4, 0.5) is 0 Å². The summed E-state index contributed by atoms with van der Waals surface area (Å²) in [7, 11) is 0. The second kappa shape index (κ2) is 6.74. The molecule has 0 aliphatic heterocycles. The minimum Gasteiger partial charge on any atom is -0.352 e. The minimum atomic E-state index is 0.0573. The van der Waals surface area contributed by atoms with Crippen LogP contribution in [0.1, 0.15) is 49.2 Å². The minimum absolute atomic E-state index is 0.0573. The van der Waals surface area contributed by atoms with Crippen LogP contribution in [-0.4, -0.2) is 12.5 Å². The Kier molecular flexibility index (Phi) is 5.59. The third kappa shape index (κ3) is 4.09. The van der Waals surface area contributed by atoms with Gasteiger partial charge in [-0.15, -0.1) is 0 Å². The topological polar surface area (TPSA) is 29.1 Å². The van der Waals surface area contributed by atoms with E-state index in [1.54, 1.807) is 0 Å². The van der Waals surface area contributed by atoms with Gasteiger partial charge in [-0.3, -0.25) is 4.79 Å². The molecule has 0 aromatic heterocycles. The maximum absolute atomic E-state index is 12.3. The molecular weight excluding hydrogens is 234 g/mol.